The molecule has 0 bridgehead atoms. The van der Waals surface area contributed by atoms with Gasteiger partial charge in [0.25, 0.3) is 0 Å². The van der Waals surface area contributed by atoms with Gasteiger partial charge < -0.3 is 4.74 Å². The number of benzene rings is 1. The Morgan fingerprint density at radius 2 is 1.47 bits per heavy atom. The van der Waals surface area contributed by atoms with Gasteiger partial charge in [-0.3, -0.25) is 9.88 Å². The van der Waals surface area contributed by atoms with Crippen molar-refractivity contribution >= 4 is 22.0 Å². The third-order valence-electron chi connectivity index (χ3n) is 5.69. The van der Waals surface area contributed by atoms with Crippen LogP contribution in [0.25, 0.3) is 0 Å². The Morgan fingerprint density at radius 3 is 2.00 bits per heavy atom. The second-order valence-corrected chi connectivity index (χ2v) is 8.65. The van der Waals surface area contributed by atoms with E-state index in [1.54, 1.807) is 0 Å². The predicted molar refractivity (Wildman–Crippen MR) is 100 cm³/mol. The van der Waals surface area contributed by atoms with Gasteiger partial charge in [-0.2, -0.15) is 39.5 Å². The van der Waals surface area contributed by atoms with Crippen LogP contribution in [-0.2, 0) is 23.3 Å². The smallest absolute Gasteiger partial charge is 0.433 e. The maximum atomic E-state index is 13.2. The van der Waals surface area contributed by atoms with Crippen LogP contribution in [-0.4, -0.2) is 22.0 Å². The molecular formula is C20H12BrF9N2O2. The number of amides is 1. The van der Waals surface area contributed by atoms with Crippen LogP contribution in [0.2, 0.25) is 0 Å². The van der Waals surface area contributed by atoms with Crippen LogP contribution >= 0.6 is 15.9 Å². The summed E-state index contributed by atoms with van der Waals surface area (Å²) < 4.78 is 124. The Kier molecular flexibility index (Phi) is 5.81. The quantitative estimate of drug-likeness (QED) is 0.361. The Balaban J connectivity index is 1.73. The Hall–Kier alpha value is -2.51. The van der Waals surface area contributed by atoms with Gasteiger partial charge in [-0.05, 0) is 64.2 Å². The van der Waals surface area contributed by atoms with Gasteiger partial charge >= 0.3 is 24.6 Å². The number of halogens is 10. The van der Waals surface area contributed by atoms with Gasteiger partial charge in [-0.1, -0.05) is 0 Å². The fourth-order valence-corrected chi connectivity index (χ4v) is 4.73. The van der Waals surface area contributed by atoms with Crippen molar-refractivity contribution in [1.29, 1.82) is 0 Å². The van der Waals surface area contributed by atoms with Crippen molar-refractivity contribution in [1.82, 2.24) is 9.88 Å². The molecule has 2 aliphatic rings. The zero-order valence-corrected chi connectivity index (χ0v) is 18.1. The molecule has 2 fully saturated rings. The number of nitrogens with zero attached hydrogens (tertiary/aromatic N) is 2. The Bertz CT molecular complexity index is 1100. The van der Waals surface area contributed by atoms with E-state index in [9.17, 15) is 44.3 Å². The van der Waals surface area contributed by atoms with E-state index in [-0.39, 0.29) is 28.9 Å². The van der Waals surface area contributed by atoms with Crippen molar-refractivity contribution in [2.75, 3.05) is 0 Å². The highest BCUT2D eigenvalue weighted by Crippen LogP contribution is 2.50. The molecule has 34 heavy (non-hydrogen) atoms. The topological polar surface area (TPSA) is 42.4 Å². The first-order valence-corrected chi connectivity index (χ1v) is 10.4. The molecule has 3 unspecified atom stereocenters. The zero-order valence-electron chi connectivity index (χ0n) is 16.5. The van der Waals surface area contributed by atoms with Crippen LogP contribution in [0, 0.1) is 0 Å². The molecule has 2 saturated heterocycles. The Labute approximate surface area is 193 Å². The third-order valence-corrected chi connectivity index (χ3v) is 6.35. The SMILES string of the molecule is O=C1OC(c2cc(C(F)(F)F)cc(C(F)(F)F)c2)C2CCC(c3cc(C(F)(F)F)ncc3Br)N12. The molecule has 0 saturated carbocycles. The molecule has 0 radical (unpaired) electrons. The van der Waals surface area contributed by atoms with Gasteiger partial charge in [-0.25, -0.2) is 4.79 Å². The number of aromatic nitrogens is 1. The van der Waals surface area contributed by atoms with Crippen molar-refractivity contribution in [3.05, 3.63) is 62.9 Å². The van der Waals surface area contributed by atoms with E-state index in [1.807, 2.05) is 0 Å². The van der Waals surface area contributed by atoms with Crippen molar-refractivity contribution in [3.63, 3.8) is 0 Å². The maximum absolute atomic E-state index is 13.2. The normalized spacial score (nSPS) is 23.3. The summed E-state index contributed by atoms with van der Waals surface area (Å²) >= 11 is 3.09. The number of hydrogen-bond acceptors (Lipinski definition) is 3. The average molecular weight is 563 g/mol. The minimum Gasteiger partial charge on any atom is -0.439 e. The largest absolute Gasteiger partial charge is 0.439 e. The highest BCUT2D eigenvalue weighted by atomic mass is 79.9. The van der Waals surface area contributed by atoms with Gasteiger partial charge in [0.1, 0.15) is 11.8 Å². The molecular weight excluding hydrogens is 551 g/mol. The standard InChI is InChI=1S/C20H12BrF9N2O2/c21-12-7-31-15(20(28,29)30)6-11(12)13-1-2-14-16(34-17(33)32(13)14)8-3-9(18(22,23)24)5-10(4-8)19(25,26)27/h3-7,13-14,16H,1-2H2. The van der Waals surface area contributed by atoms with Crippen molar-refractivity contribution in [2.45, 2.75) is 49.6 Å². The number of carbonyl (C=O) groups is 1. The van der Waals surface area contributed by atoms with E-state index in [2.05, 4.69) is 20.9 Å². The molecule has 3 atom stereocenters. The number of ether oxygens (including phenoxy) is 1. The first kappa shape index (κ1) is 24.6. The fourth-order valence-electron chi connectivity index (χ4n) is 4.25. The van der Waals surface area contributed by atoms with E-state index < -0.39 is 65.2 Å². The van der Waals surface area contributed by atoms with E-state index in [0.29, 0.717) is 12.1 Å². The number of pyridine rings is 1. The van der Waals surface area contributed by atoms with Crippen LogP contribution in [0.15, 0.2) is 34.9 Å². The van der Waals surface area contributed by atoms with E-state index in [0.717, 1.165) is 17.2 Å². The summed E-state index contributed by atoms with van der Waals surface area (Å²) in [4.78, 5) is 16.9. The van der Waals surface area contributed by atoms with Gasteiger partial charge in [0, 0.05) is 10.7 Å². The molecule has 2 aliphatic heterocycles. The maximum Gasteiger partial charge on any atom is 0.433 e. The molecule has 1 aromatic carbocycles. The second kappa shape index (κ2) is 8.02. The molecule has 4 nitrogen and oxygen atoms in total. The zero-order chi connectivity index (χ0) is 25.2. The first-order chi connectivity index (χ1) is 15.6. The molecule has 2 aromatic rings. The number of carbonyl (C=O) groups excluding carboxylic acids is 1. The van der Waals surface area contributed by atoms with Crippen LogP contribution in [0.1, 0.15) is 52.9 Å². The van der Waals surface area contributed by atoms with Gasteiger partial charge in [0.2, 0.25) is 0 Å². The number of fused-ring (bicyclic) bond motifs is 1. The van der Waals surface area contributed by atoms with E-state index in [1.165, 1.54) is 0 Å². The molecule has 0 N–H and O–H groups in total. The second-order valence-electron chi connectivity index (χ2n) is 7.80. The highest BCUT2D eigenvalue weighted by Gasteiger charge is 2.52. The number of rotatable bonds is 2. The molecule has 0 spiro atoms. The molecule has 1 amide bonds. The van der Waals surface area contributed by atoms with E-state index in [4.69, 9.17) is 4.74 Å². The van der Waals surface area contributed by atoms with Crippen LogP contribution in [0.3, 0.4) is 0 Å². The minimum absolute atomic E-state index is 0.0394. The van der Waals surface area contributed by atoms with Crippen molar-refractivity contribution < 1.29 is 49.0 Å². The summed E-state index contributed by atoms with van der Waals surface area (Å²) in [5.74, 6) is 0. The fraction of sp³-hybridized carbons (Fsp3) is 0.400. The summed E-state index contributed by atoms with van der Waals surface area (Å²) in [5.41, 5.74) is -4.80. The van der Waals surface area contributed by atoms with Gasteiger partial charge in [-0.15, -0.1) is 0 Å². The van der Waals surface area contributed by atoms with Crippen LogP contribution < -0.4 is 0 Å². The summed E-state index contributed by atoms with van der Waals surface area (Å²) in [6, 6.07) is -0.265. The molecule has 3 heterocycles. The summed E-state index contributed by atoms with van der Waals surface area (Å²) in [5, 5.41) is 0. The lowest BCUT2D eigenvalue weighted by atomic mass is 9.96. The molecule has 4 rings (SSSR count). The summed E-state index contributed by atoms with van der Waals surface area (Å²) in [6.45, 7) is 0. The third kappa shape index (κ3) is 4.43. The number of alkyl halides is 9. The van der Waals surface area contributed by atoms with E-state index >= 15 is 0 Å². The lowest BCUT2D eigenvalue weighted by Gasteiger charge is -2.24. The lowest BCUT2D eigenvalue weighted by Crippen LogP contribution is -2.31. The highest BCUT2D eigenvalue weighted by molar-refractivity contribution is 9.10. The predicted octanol–water partition coefficient (Wildman–Crippen LogP) is 7.30. The van der Waals surface area contributed by atoms with Gasteiger partial charge in [0.05, 0.1) is 23.2 Å². The minimum atomic E-state index is -5.09. The molecule has 1 aromatic heterocycles. The van der Waals surface area contributed by atoms with Crippen molar-refractivity contribution in [3.8, 4) is 0 Å². The van der Waals surface area contributed by atoms with Crippen molar-refractivity contribution in [2.24, 2.45) is 0 Å². The summed E-state index contributed by atoms with van der Waals surface area (Å²) in [7, 11) is 0. The first-order valence-electron chi connectivity index (χ1n) is 9.58. The average Bonchev–Trinajstić information content (AvgIpc) is 3.27. The van der Waals surface area contributed by atoms with Crippen LogP contribution in [0.4, 0.5) is 44.3 Å². The van der Waals surface area contributed by atoms with Gasteiger partial charge in [0.15, 0.2) is 0 Å². The monoisotopic (exact) mass is 562 g/mol. The number of hydrogen-bond donors (Lipinski definition) is 0. The summed E-state index contributed by atoms with van der Waals surface area (Å²) in [6.07, 6.45) is -16.4. The number of cyclic esters (lactones) is 1. The Morgan fingerprint density at radius 1 is 0.882 bits per heavy atom. The molecule has 14 heteroatoms. The molecule has 0 aliphatic carbocycles. The lowest BCUT2D eigenvalue weighted by molar-refractivity contribution is -0.143. The molecule has 184 valence electrons. The van der Waals surface area contributed by atoms with Crippen LogP contribution in [0.5, 0.6) is 0 Å².